The maximum atomic E-state index is 11.3. The first-order valence-electron chi connectivity index (χ1n) is 7.86. The Morgan fingerprint density at radius 3 is 2.80 bits per heavy atom. The minimum absolute atomic E-state index is 0.636. The summed E-state index contributed by atoms with van der Waals surface area (Å²) in [6, 6.07) is 9.09. The van der Waals surface area contributed by atoms with Crippen LogP contribution in [0.4, 0.5) is 5.69 Å². The van der Waals surface area contributed by atoms with Crippen molar-refractivity contribution in [1.29, 1.82) is 0 Å². The van der Waals surface area contributed by atoms with Gasteiger partial charge in [0.2, 0.25) is 0 Å². The molecule has 0 radical (unpaired) electrons. The molecule has 3 atom stereocenters. The number of benzene rings is 1. The highest BCUT2D eigenvalue weighted by Crippen LogP contribution is 2.44. The summed E-state index contributed by atoms with van der Waals surface area (Å²) in [5.41, 5.74) is 2.37. The topological polar surface area (TPSA) is 29.1 Å². The summed E-state index contributed by atoms with van der Waals surface area (Å²) in [5.74, 6) is 2.66. The summed E-state index contributed by atoms with van der Waals surface area (Å²) >= 11 is 0. The van der Waals surface area contributed by atoms with E-state index in [0.717, 1.165) is 11.8 Å². The van der Waals surface area contributed by atoms with Gasteiger partial charge in [0.25, 0.3) is 0 Å². The first-order chi connectivity index (χ1) is 9.70. The molecule has 0 aliphatic heterocycles. The molecule has 3 heteroatoms. The normalized spacial score (nSPS) is 28.1. The third kappa shape index (κ3) is 3.85. The van der Waals surface area contributed by atoms with Crippen molar-refractivity contribution >= 4 is 16.5 Å². The lowest BCUT2D eigenvalue weighted by Gasteiger charge is -2.30. The molecule has 1 aromatic carbocycles. The van der Waals surface area contributed by atoms with E-state index in [1.54, 1.807) is 6.26 Å². The van der Waals surface area contributed by atoms with Crippen LogP contribution in [0, 0.1) is 11.8 Å². The second-order valence-electron chi connectivity index (χ2n) is 6.52. The molecular formula is C17H25NOS. The van der Waals surface area contributed by atoms with Gasteiger partial charge < -0.3 is 5.32 Å². The molecule has 20 heavy (non-hydrogen) atoms. The van der Waals surface area contributed by atoms with Crippen LogP contribution >= 0.6 is 0 Å². The van der Waals surface area contributed by atoms with E-state index in [1.165, 1.54) is 49.8 Å². The van der Waals surface area contributed by atoms with Gasteiger partial charge in [0.1, 0.15) is 0 Å². The molecule has 2 aliphatic carbocycles. The first-order valence-corrected chi connectivity index (χ1v) is 9.59. The molecule has 2 aliphatic rings. The van der Waals surface area contributed by atoms with Gasteiger partial charge in [-0.1, -0.05) is 25.0 Å². The van der Waals surface area contributed by atoms with Crippen molar-refractivity contribution in [2.45, 2.75) is 50.3 Å². The summed E-state index contributed by atoms with van der Waals surface area (Å²) in [5, 5.41) is 3.71. The molecule has 1 N–H and O–H groups in total. The molecule has 2 saturated carbocycles. The van der Waals surface area contributed by atoms with Crippen molar-refractivity contribution in [2.24, 2.45) is 11.8 Å². The van der Waals surface area contributed by atoms with Crippen molar-refractivity contribution in [2.75, 3.05) is 11.6 Å². The number of hydrogen-bond donors (Lipinski definition) is 1. The van der Waals surface area contributed by atoms with E-state index >= 15 is 0 Å². The minimum atomic E-state index is -0.763. The van der Waals surface area contributed by atoms with Gasteiger partial charge in [0.15, 0.2) is 0 Å². The van der Waals surface area contributed by atoms with Gasteiger partial charge in [-0.3, -0.25) is 4.21 Å². The Bertz CT molecular complexity index is 484. The number of anilines is 1. The molecule has 0 saturated heterocycles. The van der Waals surface area contributed by atoms with Crippen LogP contribution in [0.5, 0.6) is 0 Å². The molecule has 2 fully saturated rings. The van der Waals surface area contributed by atoms with E-state index in [2.05, 4.69) is 29.6 Å². The van der Waals surface area contributed by atoms with Crippen LogP contribution in [0.1, 0.15) is 44.1 Å². The molecule has 0 spiro atoms. The van der Waals surface area contributed by atoms with Gasteiger partial charge >= 0.3 is 0 Å². The van der Waals surface area contributed by atoms with E-state index in [4.69, 9.17) is 0 Å². The highest BCUT2D eigenvalue weighted by molar-refractivity contribution is 7.83. The second-order valence-corrected chi connectivity index (χ2v) is 7.96. The Morgan fingerprint density at radius 2 is 2.05 bits per heavy atom. The van der Waals surface area contributed by atoms with E-state index in [-0.39, 0.29) is 0 Å². The predicted molar refractivity (Wildman–Crippen MR) is 86.3 cm³/mol. The van der Waals surface area contributed by atoms with Crippen LogP contribution in [0.25, 0.3) is 0 Å². The summed E-state index contributed by atoms with van der Waals surface area (Å²) in [7, 11) is -0.763. The third-order valence-electron chi connectivity index (χ3n) is 4.67. The third-order valence-corrected chi connectivity index (χ3v) is 5.41. The summed E-state index contributed by atoms with van der Waals surface area (Å²) in [4.78, 5) is 0. The number of hydrogen-bond acceptors (Lipinski definition) is 2. The lowest BCUT2D eigenvalue weighted by Crippen LogP contribution is -2.28. The fourth-order valence-electron chi connectivity index (χ4n) is 3.58. The van der Waals surface area contributed by atoms with Gasteiger partial charge in [-0.15, -0.1) is 0 Å². The summed E-state index contributed by atoms with van der Waals surface area (Å²) in [6.07, 6.45) is 10.2. The molecule has 3 rings (SSSR count). The molecule has 0 unspecified atom stereocenters. The highest BCUT2D eigenvalue weighted by atomic mass is 32.2. The Morgan fingerprint density at radius 1 is 1.20 bits per heavy atom. The molecule has 110 valence electrons. The van der Waals surface area contributed by atoms with Gasteiger partial charge in [-0.25, -0.2) is 0 Å². The van der Waals surface area contributed by atoms with Crippen molar-refractivity contribution < 1.29 is 4.21 Å². The van der Waals surface area contributed by atoms with Crippen LogP contribution in [-0.2, 0) is 16.6 Å². The van der Waals surface area contributed by atoms with Crippen LogP contribution in [0.3, 0.4) is 0 Å². The maximum Gasteiger partial charge on any atom is 0.0483 e. The van der Waals surface area contributed by atoms with Crippen molar-refractivity contribution in [1.82, 2.24) is 0 Å². The van der Waals surface area contributed by atoms with Crippen molar-refractivity contribution in [3.63, 3.8) is 0 Å². The molecule has 0 bridgehead atoms. The van der Waals surface area contributed by atoms with Gasteiger partial charge in [0.05, 0.1) is 0 Å². The van der Waals surface area contributed by atoms with Crippen LogP contribution in [0.2, 0.25) is 0 Å². The average Bonchev–Trinajstić information content (AvgIpc) is 3.23. The Hall–Kier alpha value is -0.830. The predicted octanol–water partition coefficient (Wildman–Crippen LogP) is 3.95. The standard InChI is InChI=1S/C17H25NOS/c1-20(19)12-13-4-2-6-16(10-13)18-17-7-3-5-15(11-17)14-8-9-14/h2,4,6,10,14-15,17-18H,3,5,7-9,11-12H2,1H3/t15-,17-,20+/m1/s1. The zero-order valence-corrected chi connectivity index (χ0v) is 13.1. The monoisotopic (exact) mass is 291 g/mol. The van der Waals surface area contributed by atoms with Crippen LogP contribution in [-0.4, -0.2) is 16.5 Å². The van der Waals surface area contributed by atoms with Gasteiger partial charge in [-0.05, 0) is 55.2 Å². The maximum absolute atomic E-state index is 11.3. The molecule has 0 aromatic heterocycles. The fourth-order valence-corrected chi connectivity index (χ4v) is 4.22. The molecular weight excluding hydrogens is 266 g/mol. The van der Waals surface area contributed by atoms with E-state index < -0.39 is 10.8 Å². The SMILES string of the molecule is C[S@](=O)Cc1cccc(N[C@@H]2CCC[C@@H](C3CC3)C2)c1. The average molecular weight is 291 g/mol. The Balaban J connectivity index is 1.60. The minimum Gasteiger partial charge on any atom is -0.382 e. The lowest BCUT2D eigenvalue weighted by atomic mass is 9.82. The Kier molecular flexibility index (Phi) is 4.45. The van der Waals surface area contributed by atoms with Crippen LogP contribution < -0.4 is 5.32 Å². The number of nitrogens with one attached hydrogen (secondary N) is 1. The second kappa shape index (κ2) is 6.30. The van der Waals surface area contributed by atoms with E-state index in [9.17, 15) is 4.21 Å². The van der Waals surface area contributed by atoms with Gasteiger partial charge in [-0.2, -0.15) is 0 Å². The quantitative estimate of drug-likeness (QED) is 0.890. The van der Waals surface area contributed by atoms with Crippen molar-refractivity contribution in [3.8, 4) is 0 Å². The highest BCUT2D eigenvalue weighted by Gasteiger charge is 2.34. The largest absolute Gasteiger partial charge is 0.382 e. The summed E-state index contributed by atoms with van der Waals surface area (Å²) < 4.78 is 11.3. The van der Waals surface area contributed by atoms with E-state index in [0.29, 0.717) is 11.8 Å². The van der Waals surface area contributed by atoms with E-state index in [1.807, 2.05) is 0 Å². The smallest absolute Gasteiger partial charge is 0.0483 e. The summed E-state index contributed by atoms with van der Waals surface area (Å²) in [6.45, 7) is 0. The molecule has 1 aromatic rings. The molecule has 0 heterocycles. The zero-order chi connectivity index (χ0) is 13.9. The van der Waals surface area contributed by atoms with Crippen LogP contribution in [0.15, 0.2) is 24.3 Å². The number of rotatable bonds is 5. The molecule has 0 amide bonds. The fraction of sp³-hybridized carbons (Fsp3) is 0.647. The Labute approximate surface area is 124 Å². The zero-order valence-electron chi connectivity index (χ0n) is 12.3. The molecule has 2 nitrogen and oxygen atoms in total. The van der Waals surface area contributed by atoms with Crippen molar-refractivity contribution in [3.05, 3.63) is 29.8 Å². The first kappa shape index (κ1) is 14.1. The lowest BCUT2D eigenvalue weighted by molar-refractivity contribution is 0.303. The van der Waals surface area contributed by atoms with Gasteiger partial charge in [0, 0.05) is 34.5 Å².